The zero-order valence-electron chi connectivity index (χ0n) is 13.6. The van der Waals surface area contributed by atoms with Crippen molar-refractivity contribution in [2.24, 2.45) is 17.3 Å². The van der Waals surface area contributed by atoms with Crippen molar-refractivity contribution < 1.29 is 4.79 Å². The molecule has 21 heavy (non-hydrogen) atoms. The first-order chi connectivity index (χ1) is 9.95. The standard InChI is InChI=1S/C17H27N3O/c1-12(2)17(13(3)4)8-5-14(6-9-17)20-16(21)15-7-10-18-11-19-15/h7,10-14H,5-6,8-9H2,1-4H3,(H,20,21). The van der Waals surface area contributed by atoms with Crippen LogP contribution in [0.15, 0.2) is 18.6 Å². The second-order valence-corrected chi connectivity index (χ2v) is 6.88. The summed E-state index contributed by atoms with van der Waals surface area (Å²) in [5, 5.41) is 3.12. The Morgan fingerprint density at radius 1 is 1.24 bits per heavy atom. The predicted octanol–water partition coefficient (Wildman–Crippen LogP) is 3.45. The van der Waals surface area contributed by atoms with Crippen LogP contribution in [0.2, 0.25) is 0 Å². The molecule has 0 radical (unpaired) electrons. The van der Waals surface area contributed by atoms with Crippen LogP contribution in [0.1, 0.15) is 63.9 Å². The molecule has 1 aliphatic carbocycles. The van der Waals surface area contributed by atoms with E-state index in [-0.39, 0.29) is 11.9 Å². The maximum Gasteiger partial charge on any atom is 0.270 e. The van der Waals surface area contributed by atoms with Crippen LogP contribution >= 0.6 is 0 Å². The number of nitrogens with zero attached hydrogens (tertiary/aromatic N) is 2. The molecule has 0 bridgehead atoms. The first-order valence-electron chi connectivity index (χ1n) is 8.02. The van der Waals surface area contributed by atoms with E-state index in [9.17, 15) is 4.79 Å². The van der Waals surface area contributed by atoms with Gasteiger partial charge in [0.15, 0.2) is 0 Å². The molecule has 0 unspecified atom stereocenters. The first kappa shape index (κ1) is 15.9. The lowest BCUT2D eigenvalue weighted by molar-refractivity contribution is 0.0452. The van der Waals surface area contributed by atoms with Crippen molar-refractivity contribution in [2.75, 3.05) is 0 Å². The number of hydrogen-bond donors (Lipinski definition) is 1. The quantitative estimate of drug-likeness (QED) is 0.923. The molecule has 4 nitrogen and oxygen atoms in total. The van der Waals surface area contributed by atoms with Crippen LogP contribution < -0.4 is 5.32 Å². The summed E-state index contributed by atoms with van der Waals surface area (Å²) in [4.78, 5) is 20.0. The van der Waals surface area contributed by atoms with Gasteiger partial charge in [0.25, 0.3) is 5.91 Å². The van der Waals surface area contributed by atoms with Crippen LogP contribution in [0, 0.1) is 17.3 Å². The van der Waals surface area contributed by atoms with Gasteiger partial charge in [0.1, 0.15) is 12.0 Å². The molecule has 1 heterocycles. The van der Waals surface area contributed by atoms with E-state index in [2.05, 4.69) is 43.0 Å². The molecule has 0 aromatic carbocycles. The van der Waals surface area contributed by atoms with E-state index in [1.165, 1.54) is 19.2 Å². The fraction of sp³-hybridized carbons (Fsp3) is 0.706. The largest absolute Gasteiger partial charge is 0.348 e. The van der Waals surface area contributed by atoms with Crippen LogP contribution in [0.4, 0.5) is 0 Å². The summed E-state index contributed by atoms with van der Waals surface area (Å²) in [6.45, 7) is 9.33. The zero-order valence-corrected chi connectivity index (χ0v) is 13.6. The monoisotopic (exact) mass is 289 g/mol. The summed E-state index contributed by atoms with van der Waals surface area (Å²) < 4.78 is 0. The molecular formula is C17H27N3O. The average molecular weight is 289 g/mol. The lowest BCUT2D eigenvalue weighted by Gasteiger charge is -2.46. The van der Waals surface area contributed by atoms with Gasteiger partial charge in [0.2, 0.25) is 0 Å². The minimum absolute atomic E-state index is 0.0796. The van der Waals surface area contributed by atoms with Crippen molar-refractivity contribution in [1.82, 2.24) is 15.3 Å². The van der Waals surface area contributed by atoms with Gasteiger partial charge in [0.05, 0.1) is 0 Å². The molecule has 116 valence electrons. The SMILES string of the molecule is CC(C)C1(C(C)C)CCC(NC(=O)c2ccncn2)CC1. The highest BCUT2D eigenvalue weighted by atomic mass is 16.1. The molecule has 1 aliphatic rings. The lowest BCUT2D eigenvalue weighted by atomic mass is 9.60. The smallest absolute Gasteiger partial charge is 0.270 e. The molecular weight excluding hydrogens is 262 g/mol. The van der Waals surface area contributed by atoms with Crippen molar-refractivity contribution in [1.29, 1.82) is 0 Å². The van der Waals surface area contributed by atoms with Gasteiger partial charge in [-0.05, 0) is 49.0 Å². The molecule has 0 spiro atoms. The van der Waals surface area contributed by atoms with E-state index in [0.29, 0.717) is 22.9 Å². The van der Waals surface area contributed by atoms with Crippen molar-refractivity contribution in [3.63, 3.8) is 0 Å². The maximum absolute atomic E-state index is 12.1. The highest BCUT2D eigenvalue weighted by molar-refractivity contribution is 5.92. The van der Waals surface area contributed by atoms with Crippen molar-refractivity contribution >= 4 is 5.91 Å². The summed E-state index contributed by atoms with van der Waals surface area (Å²) in [6, 6.07) is 1.93. The highest BCUT2D eigenvalue weighted by Gasteiger charge is 2.40. The van der Waals surface area contributed by atoms with Gasteiger partial charge in [0, 0.05) is 12.2 Å². The summed E-state index contributed by atoms with van der Waals surface area (Å²) in [6.07, 6.45) is 7.53. The molecule has 4 heteroatoms. The molecule has 0 aliphatic heterocycles. The van der Waals surface area contributed by atoms with Crippen molar-refractivity contribution in [3.8, 4) is 0 Å². The third-order valence-electron chi connectivity index (χ3n) is 5.37. The fourth-order valence-electron chi connectivity index (χ4n) is 3.81. The van der Waals surface area contributed by atoms with E-state index in [0.717, 1.165) is 12.8 Å². The van der Waals surface area contributed by atoms with Gasteiger partial charge in [-0.3, -0.25) is 4.79 Å². The van der Waals surface area contributed by atoms with Crippen LogP contribution in [0.25, 0.3) is 0 Å². The summed E-state index contributed by atoms with van der Waals surface area (Å²) in [7, 11) is 0. The Bertz CT molecular complexity index is 452. The zero-order chi connectivity index (χ0) is 15.5. The Balaban J connectivity index is 1.94. The van der Waals surface area contributed by atoms with Crippen LogP contribution in [0.5, 0.6) is 0 Å². The van der Waals surface area contributed by atoms with Gasteiger partial charge < -0.3 is 5.32 Å². The normalized spacial score (nSPS) is 19.0. The number of nitrogens with one attached hydrogen (secondary N) is 1. The van der Waals surface area contributed by atoms with E-state index in [1.54, 1.807) is 12.3 Å². The highest BCUT2D eigenvalue weighted by Crippen LogP contribution is 2.48. The predicted molar refractivity (Wildman–Crippen MR) is 83.9 cm³/mol. The minimum atomic E-state index is -0.0796. The number of amides is 1. The Labute approximate surface area is 127 Å². The number of rotatable bonds is 4. The Morgan fingerprint density at radius 3 is 2.33 bits per heavy atom. The van der Waals surface area contributed by atoms with Gasteiger partial charge in [-0.25, -0.2) is 9.97 Å². The van der Waals surface area contributed by atoms with Gasteiger partial charge in [-0.15, -0.1) is 0 Å². The minimum Gasteiger partial charge on any atom is -0.348 e. The summed E-state index contributed by atoms with van der Waals surface area (Å²) in [5.41, 5.74) is 0.880. The topological polar surface area (TPSA) is 54.9 Å². The number of carbonyl (C=O) groups is 1. The first-order valence-corrected chi connectivity index (χ1v) is 8.02. The van der Waals surface area contributed by atoms with Crippen molar-refractivity contribution in [3.05, 3.63) is 24.3 Å². The second-order valence-electron chi connectivity index (χ2n) is 6.88. The van der Waals surface area contributed by atoms with Crippen LogP contribution in [0.3, 0.4) is 0 Å². The Morgan fingerprint density at radius 2 is 1.86 bits per heavy atom. The van der Waals surface area contributed by atoms with E-state index < -0.39 is 0 Å². The Hall–Kier alpha value is -1.45. The number of aromatic nitrogens is 2. The van der Waals surface area contributed by atoms with Gasteiger partial charge in [-0.1, -0.05) is 27.7 Å². The average Bonchev–Trinajstić information content (AvgIpc) is 2.48. The molecule has 1 saturated carbocycles. The number of carbonyl (C=O) groups excluding carboxylic acids is 1. The van der Waals surface area contributed by atoms with Crippen LogP contribution in [-0.4, -0.2) is 21.9 Å². The van der Waals surface area contributed by atoms with E-state index in [4.69, 9.17) is 0 Å². The van der Waals surface area contributed by atoms with E-state index in [1.807, 2.05) is 0 Å². The fourth-order valence-corrected chi connectivity index (χ4v) is 3.81. The second kappa shape index (κ2) is 6.54. The molecule has 1 amide bonds. The third-order valence-corrected chi connectivity index (χ3v) is 5.37. The maximum atomic E-state index is 12.1. The molecule has 1 fully saturated rings. The summed E-state index contributed by atoms with van der Waals surface area (Å²) in [5.74, 6) is 1.30. The Kier molecular flexibility index (Phi) is 4.96. The molecule has 1 aromatic heterocycles. The lowest BCUT2D eigenvalue weighted by Crippen LogP contribution is -2.44. The molecule has 1 aromatic rings. The third kappa shape index (κ3) is 3.42. The van der Waals surface area contributed by atoms with Crippen LogP contribution in [-0.2, 0) is 0 Å². The summed E-state index contributed by atoms with van der Waals surface area (Å²) >= 11 is 0. The van der Waals surface area contributed by atoms with E-state index >= 15 is 0 Å². The molecule has 1 N–H and O–H groups in total. The van der Waals surface area contributed by atoms with Gasteiger partial charge >= 0.3 is 0 Å². The molecule has 0 atom stereocenters. The van der Waals surface area contributed by atoms with Gasteiger partial charge in [-0.2, -0.15) is 0 Å². The molecule has 2 rings (SSSR count). The molecule has 0 saturated heterocycles. The van der Waals surface area contributed by atoms with Crippen molar-refractivity contribution in [2.45, 2.75) is 59.4 Å². The number of hydrogen-bond acceptors (Lipinski definition) is 3.